The Bertz CT molecular complexity index is 2520. The lowest BCUT2D eigenvalue weighted by atomic mass is 10.0. The van der Waals surface area contributed by atoms with Gasteiger partial charge in [-0.25, -0.2) is 13.4 Å². The lowest BCUT2D eigenvalue weighted by Crippen LogP contribution is -2.58. The van der Waals surface area contributed by atoms with Crippen molar-refractivity contribution in [2.24, 2.45) is 16.8 Å². The summed E-state index contributed by atoms with van der Waals surface area (Å²) < 4.78 is 40.5. The van der Waals surface area contributed by atoms with Crippen LogP contribution in [0.5, 0.6) is 11.5 Å². The fraction of sp³-hybridized carbons (Fsp3) is 0.532. The molecule has 64 heavy (non-hydrogen) atoms. The summed E-state index contributed by atoms with van der Waals surface area (Å²) in [6, 6.07) is 10.9. The highest BCUT2D eigenvalue weighted by Crippen LogP contribution is 2.48. The standard InChI is InChI=1S/C47H59N7O8S2/c1-27(2)36-26-63-43(51-36)35-23-39(33-17-18-38(61-6)28(3)40(33)50-35)62-32-22-37-42(56)52-47(45(58)53-64(59,60)46(4)19-20-46)24-30(47)14-10-8-7-9-11-16-34(44(57)54(37)25-32)49-31-15-12-13-29(21-31)41(55)48-5/h10,12-15,17-18,21,23,27,30,32,34,36-37,49H,7-9,11,16,19-20,22,24-26H2,1-6H3,(H,48,55)(H,52,56)(H,53,58)/b14-10-/t30-,32-,34+,36?,37+,47-/m1/s1. The Morgan fingerprint density at radius 3 is 2.58 bits per heavy atom. The van der Waals surface area contributed by atoms with E-state index in [1.165, 1.54) is 4.90 Å². The molecule has 15 nitrogen and oxygen atoms in total. The summed E-state index contributed by atoms with van der Waals surface area (Å²) in [4.78, 5) is 68.2. The van der Waals surface area contributed by atoms with Crippen LogP contribution in [0, 0.1) is 18.8 Å². The molecule has 1 aromatic heterocycles. The summed E-state index contributed by atoms with van der Waals surface area (Å²) >= 11 is 1.65. The number of anilines is 1. The van der Waals surface area contributed by atoms with Gasteiger partial charge in [0.25, 0.3) is 11.8 Å². The number of rotatable bonds is 11. The van der Waals surface area contributed by atoms with Crippen molar-refractivity contribution < 1.29 is 37.1 Å². The van der Waals surface area contributed by atoms with Gasteiger partial charge in [0, 0.05) is 53.4 Å². The maximum atomic E-state index is 15.1. The second kappa shape index (κ2) is 18.0. The van der Waals surface area contributed by atoms with E-state index in [4.69, 9.17) is 19.5 Å². The van der Waals surface area contributed by atoms with Crippen LogP contribution in [-0.2, 0) is 24.4 Å². The highest BCUT2D eigenvalue weighted by Gasteiger charge is 2.63. The van der Waals surface area contributed by atoms with Crippen molar-refractivity contribution in [3.05, 3.63) is 71.4 Å². The first-order valence-corrected chi connectivity index (χ1v) is 24.8. The molecule has 342 valence electrons. The van der Waals surface area contributed by atoms with Gasteiger partial charge < -0.3 is 30.3 Å². The number of fused-ring (bicyclic) bond motifs is 3. The van der Waals surface area contributed by atoms with Gasteiger partial charge in [-0.05, 0) is 88.6 Å². The molecule has 17 heteroatoms. The van der Waals surface area contributed by atoms with Crippen LogP contribution in [0.3, 0.4) is 0 Å². The van der Waals surface area contributed by atoms with Crippen molar-refractivity contribution in [1.82, 2.24) is 25.2 Å². The van der Waals surface area contributed by atoms with Crippen LogP contribution in [0.2, 0.25) is 0 Å². The Balaban J connectivity index is 1.15. The van der Waals surface area contributed by atoms with Crippen LogP contribution in [0.25, 0.3) is 10.9 Å². The van der Waals surface area contributed by atoms with E-state index in [1.54, 1.807) is 57.1 Å². The number of aryl methyl sites for hydroxylation is 1. The smallest absolute Gasteiger partial charge is 0.259 e. The molecule has 4 N–H and O–H groups in total. The SMILES string of the molecule is CNC(=O)c1cccc(N[C@H]2CCCCC/C=C\[C@@H]3C[C@@]3(C(=O)NS(=O)(=O)C3(C)CC3)NC(=O)[C@@H]3C[C@@H](Oc4cc(C5=NC(C(C)C)CS5)nc5c(C)c(OC)ccc45)CN3C2=O)c1. The quantitative estimate of drug-likeness (QED) is 0.174. The fourth-order valence-corrected chi connectivity index (χ4v) is 11.5. The topological polar surface area (TPSA) is 197 Å². The summed E-state index contributed by atoms with van der Waals surface area (Å²) in [5, 5.41) is 10.6. The normalized spacial score (nSPS) is 27.3. The van der Waals surface area contributed by atoms with E-state index in [0.29, 0.717) is 72.0 Å². The highest BCUT2D eigenvalue weighted by atomic mass is 32.2. The lowest BCUT2D eigenvalue weighted by molar-refractivity contribution is -0.140. The minimum atomic E-state index is -4.01. The van der Waals surface area contributed by atoms with E-state index in [1.807, 2.05) is 37.3 Å². The van der Waals surface area contributed by atoms with Crippen LogP contribution < -0.4 is 30.1 Å². The minimum Gasteiger partial charge on any atom is -0.496 e. The number of amides is 4. The lowest BCUT2D eigenvalue weighted by Gasteiger charge is -2.30. The number of benzene rings is 2. The van der Waals surface area contributed by atoms with E-state index in [2.05, 4.69) is 34.5 Å². The summed E-state index contributed by atoms with van der Waals surface area (Å²) in [6.45, 7) is 7.89. The van der Waals surface area contributed by atoms with Gasteiger partial charge in [0.1, 0.15) is 40.3 Å². The minimum absolute atomic E-state index is 0.0437. The molecule has 1 unspecified atom stereocenters. The third-order valence-electron chi connectivity index (χ3n) is 13.5. The fourth-order valence-electron chi connectivity index (χ4n) is 8.90. The highest BCUT2D eigenvalue weighted by molar-refractivity contribution is 8.14. The van der Waals surface area contributed by atoms with Gasteiger partial charge in [0.15, 0.2) is 0 Å². The number of nitrogens with one attached hydrogen (secondary N) is 4. The summed E-state index contributed by atoms with van der Waals surface area (Å²) in [5.74, 6) is -0.0118. The number of hydrogen-bond donors (Lipinski definition) is 4. The van der Waals surface area contributed by atoms with Crippen molar-refractivity contribution in [3.8, 4) is 11.5 Å². The number of allylic oxidation sites excluding steroid dienone is 1. The zero-order valence-corrected chi connectivity index (χ0v) is 39.0. The van der Waals surface area contributed by atoms with Gasteiger partial charge >= 0.3 is 0 Å². The maximum Gasteiger partial charge on any atom is 0.259 e. The Kier molecular flexibility index (Phi) is 12.8. The van der Waals surface area contributed by atoms with Crippen molar-refractivity contribution in [1.29, 1.82) is 0 Å². The maximum absolute atomic E-state index is 15.1. The van der Waals surface area contributed by atoms with Crippen molar-refractivity contribution in [2.75, 3.05) is 31.8 Å². The van der Waals surface area contributed by atoms with Crippen molar-refractivity contribution in [2.45, 2.75) is 120 Å². The molecule has 4 amide bonds. The average molecular weight is 914 g/mol. The van der Waals surface area contributed by atoms with Crippen LogP contribution in [0.15, 0.2) is 59.6 Å². The van der Waals surface area contributed by atoms with Gasteiger partial charge in [0.2, 0.25) is 21.8 Å². The van der Waals surface area contributed by atoms with E-state index in [-0.39, 0.29) is 37.2 Å². The molecule has 0 radical (unpaired) electrons. The van der Waals surface area contributed by atoms with Crippen molar-refractivity contribution >= 4 is 67.0 Å². The summed E-state index contributed by atoms with van der Waals surface area (Å²) in [5.41, 5.74) is 1.65. The number of thioether (sulfide) groups is 1. The second-order valence-corrected chi connectivity index (χ2v) is 21.6. The van der Waals surface area contributed by atoms with E-state index >= 15 is 4.79 Å². The molecule has 3 aliphatic heterocycles. The summed E-state index contributed by atoms with van der Waals surface area (Å²) in [6.07, 6.45) is 7.92. The molecule has 0 bridgehead atoms. The number of ether oxygens (including phenoxy) is 2. The molecular weight excluding hydrogens is 855 g/mol. The Labute approximate surface area is 379 Å². The largest absolute Gasteiger partial charge is 0.496 e. The number of pyridine rings is 1. The number of hydrogen-bond acceptors (Lipinski definition) is 12. The number of aliphatic imine (C=N–C) groups is 1. The van der Waals surface area contributed by atoms with E-state index in [9.17, 15) is 22.8 Å². The number of nitrogens with zero attached hydrogens (tertiary/aromatic N) is 3. The van der Waals surface area contributed by atoms with Gasteiger partial charge in [-0.1, -0.05) is 44.9 Å². The first-order chi connectivity index (χ1) is 30.6. The molecule has 3 fully saturated rings. The Morgan fingerprint density at radius 2 is 1.86 bits per heavy atom. The number of carbonyl (C=O) groups is 4. The number of sulfonamides is 1. The van der Waals surface area contributed by atoms with E-state index in [0.717, 1.165) is 34.6 Å². The molecule has 0 spiro atoms. The van der Waals surface area contributed by atoms with Crippen LogP contribution >= 0.6 is 11.8 Å². The molecule has 2 aliphatic carbocycles. The van der Waals surface area contributed by atoms with Crippen molar-refractivity contribution in [3.63, 3.8) is 0 Å². The zero-order valence-electron chi connectivity index (χ0n) is 37.4. The first-order valence-electron chi connectivity index (χ1n) is 22.4. The predicted octanol–water partition coefficient (Wildman–Crippen LogP) is 5.65. The van der Waals surface area contributed by atoms with E-state index < -0.39 is 56.2 Å². The molecular formula is C47H59N7O8S2. The van der Waals surface area contributed by atoms with Crippen LogP contribution in [0.4, 0.5) is 5.69 Å². The molecule has 3 aromatic rings. The Morgan fingerprint density at radius 1 is 1.06 bits per heavy atom. The molecule has 2 saturated carbocycles. The second-order valence-electron chi connectivity index (χ2n) is 18.4. The molecule has 8 rings (SSSR count). The molecule has 2 aromatic carbocycles. The number of methoxy groups -OCH3 is 1. The monoisotopic (exact) mass is 913 g/mol. The van der Waals surface area contributed by atoms with Crippen LogP contribution in [-0.4, -0.2) is 108 Å². The first kappa shape index (κ1) is 45.4. The predicted molar refractivity (Wildman–Crippen MR) is 248 cm³/mol. The number of carbonyl (C=O) groups excluding carboxylic acids is 4. The summed E-state index contributed by atoms with van der Waals surface area (Å²) in [7, 11) is -0.837. The van der Waals surface area contributed by atoms with Gasteiger partial charge in [0.05, 0.1) is 35.7 Å². The molecule has 5 aliphatic rings. The number of aromatic nitrogens is 1. The average Bonchev–Trinajstić information content (AvgIpc) is 4.05. The third-order valence-corrected chi connectivity index (χ3v) is 16.7. The molecule has 1 saturated heterocycles. The van der Waals surface area contributed by atoms with Gasteiger partial charge in [-0.2, -0.15) is 0 Å². The Hall–Kier alpha value is -5.16. The molecule has 4 heterocycles. The van der Waals surface area contributed by atoms with Crippen LogP contribution in [0.1, 0.15) is 100 Å². The third kappa shape index (κ3) is 9.06. The zero-order chi connectivity index (χ0) is 45.6. The van der Waals surface area contributed by atoms with Gasteiger partial charge in [-0.3, -0.25) is 28.9 Å². The van der Waals surface area contributed by atoms with Gasteiger partial charge in [-0.15, -0.1) is 11.8 Å². The molecule has 6 atom stereocenters.